The van der Waals surface area contributed by atoms with E-state index in [0.29, 0.717) is 29.6 Å². The summed E-state index contributed by atoms with van der Waals surface area (Å²) in [7, 11) is -3.62. The predicted molar refractivity (Wildman–Crippen MR) is 102 cm³/mol. The van der Waals surface area contributed by atoms with Crippen LogP contribution in [0.4, 0.5) is 0 Å². The van der Waals surface area contributed by atoms with Gasteiger partial charge in [-0.1, -0.05) is 6.07 Å². The normalized spacial score (nSPS) is 13.7. The molecule has 26 heavy (non-hydrogen) atoms. The summed E-state index contributed by atoms with van der Waals surface area (Å²) >= 11 is 0. The average Bonchev–Trinajstić information content (AvgIpc) is 2.63. The first-order valence-electron chi connectivity index (χ1n) is 8.67. The van der Waals surface area contributed by atoms with Crippen LogP contribution in [-0.2, 0) is 16.6 Å². The fourth-order valence-electron chi connectivity index (χ4n) is 3.32. The second kappa shape index (κ2) is 6.93. The summed E-state index contributed by atoms with van der Waals surface area (Å²) in [5.74, 6) is 1.35. The van der Waals surface area contributed by atoms with E-state index in [9.17, 15) is 8.42 Å². The Morgan fingerprint density at radius 3 is 2.00 bits per heavy atom. The van der Waals surface area contributed by atoms with Crippen molar-refractivity contribution in [1.82, 2.24) is 4.72 Å². The Bertz CT molecular complexity index is 935. The van der Waals surface area contributed by atoms with E-state index in [1.807, 2.05) is 52.8 Å². The Labute approximate surface area is 155 Å². The maximum absolute atomic E-state index is 13.0. The molecule has 3 rings (SSSR count). The summed E-state index contributed by atoms with van der Waals surface area (Å²) in [5, 5.41) is 0. The van der Waals surface area contributed by atoms with E-state index >= 15 is 0 Å². The largest absolute Gasteiger partial charge is 0.486 e. The van der Waals surface area contributed by atoms with Crippen LogP contribution in [0.1, 0.15) is 33.4 Å². The Balaban J connectivity index is 1.89. The average molecular weight is 375 g/mol. The monoisotopic (exact) mass is 375 g/mol. The van der Waals surface area contributed by atoms with E-state index in [1.54, 1.807) is 0 Å². The molecule has 1 aliphatic heterocycles. The van der Waals surface area contributed by atoms with Gasteiger partial charge in [-0.3, -0.25) is 0 Å². The molecular formula is C20H25NO4S. The lowest BCUT2D eigenvalue weighted by molar-refractivity contribution is 0.171. The molecule has 0 spiro atoms. The molecule has 0 saturated carbocycles. The minimum absolute atomic E-state index is 0.198. The summed E-state index contributed by atoms with van der Waals surface area (Å²) < 4.78 is 39.8. The number of hydrogen-bond acceptors (Lipinski definition) is 4. The third kappa shape index (κ3) is 3.31. The number of benzene rings is 2. The molecule has 1 N–H and O–H groups in total. The van der Waals surface area contributed by atoms with Gasteiger partial charge in [0.1, 0.15) is 13.2 Å². The van der Waals surface area contributed by atoms with Crippen LogP contribution < -0.4 is 14.2 Å². The Morgan fingerprint density at radius 2 is 1.38 bits per heavy atom. The number of nitrogens with one attached hydrogen (secondary N) is 1. The van der Waals surface area contributed by atoms with Gasteiger partial charge in [-0.2, -0.15) is 0 Å². The first kappa shape index (κ1) is 18.7. The van der Waals surface area contributed by atoms with Crippen molar-refractivity contribution in [3.63, 3.8) is 0 Å². The van der Waals surface area contributed by atoms with Crippen molar-refractivity contribution in [3.8, 4) is 11.5 Å². The number of sulfonamides is 1. The van der Waals surface area contributed by atoms with Gasteiger partial charge in [0.2, 0.25) is 10.0 Å². The highest BCUT2D eigenvalue weighted by Gasteiger charge is 2.23. The highest BCUT2D eigenvalue weighted by molar-refractivity contribution is 7.89. The van der Waals surface area contributed by atoms with E-state index in [0.717, 1.165) is 33.4 Å². The van der Waals surface area contributed by atoms with Crippen LogP contribution >= 0.6 is 0 Å². The Kier molecular flexibility index (Phi) is 4.99. The standard InChI is InChI=1S/C20H25NO4S/c1-12-13(2)15(4)20(16(5)14(12)3)26(22,23)21-11-17-6-7-18-19(10-17)25-9-8-24-18/h6-7,10,21H,8-9,11H2,1-5H3. The van der Waals surface area contributed by atoms with Gasteiger partial charge in [0.15, 0.2) is 11.5 Å². The molecule has 140 valence electrons. The molecule has 0 saturated heterocycles. The molecule has 0 atom stereocenters. The molecule has 1 aliphatic rings. The highest BCUT2D eigenvalue weighted by Crippen LogP contribution is 2.32. The van der Waals surface area contributed by atoms with Crippen LogP contribution in [0.5, 0.6) is 11.5 Å². The fraction of sp³-hybridized carbons (Fsp3) is 0.400. The minimum atomic E-state index is -3.62. The maximum Gasteiger partial charge on any atom is 0.241 e. The first-order valence-corrected chi connectivity index (χ1v) is 10.2. The fourth-order valence-corrected chi connectivity index (χ4v) is 4.93. The molecule has 5 nitrogen and oxygen atoms in total. The SMILES string of the molecule is Cc1c(C)c(C)c(S(=O)(=O)NCc2ccc3c(c2)OCCO3)c(C)c1C. The number of rotatable bonds is 4. The topological polar surface area (TPSA) is 64.6 Å². The van der Waals surface area contributed by atoms with Gasteiger partial charge < -0.3 is 9.47 Å². The Morgan fingerprint density at radius 1 is 0.846 bits per heavy atom. The van der Waals surface area contributed by atoms with Crippen LogP contribution in [0, 0.1) is 34.6 Å². The van der Waals surface area contributed by atoms with Crippen LogP contribution in [0.3, 0.4) is 0 Å². The molecule has 0 unspecified atom stereocenters. The lowest BCUT2D eigenvalue weighted by Gasteiger charge is -2.20. The van der Waals surface area contributed by atoms with Crippen molar-refractivity contribution >= 4 is 10.0 Å². The van der Waals surface area contributed by atoms with E-state index in [2.05, 4.69) is 4.72 Å². The second-order valence-corrected chi connectivity index (χ2v) is 8.46. The summed E-state index contributed by atoms with van der Waals surface area (Å²) in [6.07, 6.45) is 0. The van der Waals surface area contributed by atoms with Crippen molar-refractivity contribution in [2.75, 3.05) is 13.2 Å². The molecule has 2 aromatic rings. The van der Waals surface area contributed by atoms with Gasteiger partial charge in [-0.15, -0.1) is 0 Å². The Hall–Kier alpha value is -2.05. The molecule has 6 heteroatoms. The van der Waals surface area contributed by atoms with Crippen molar-refractivity contribution in [3.05, 3.63) is 51.6 Å². The van der Waals surface area contributed by atoms with Crippen molar-refractivity contribution < 1.29 is 17.9 Å². The number of hydrogen-bond donors (Lipinski definition) is 1. The lowest BCUT2D eigenvalue weighted by atomic mass is 9.95. The van der Waals surface area contributed by atoms with Crippen LogP contribution in [-0.4, -0.2) is 21.6 Å². The van der Waals surface area contributed by atoms with Gasteiger partial charge in [0, 0.05) is 6.54 Å². The predicted octanol–water partition coefficient (Wildman–Crippen LogP) is 3.48. The van der Waals surface area contributed by atoms with Gasteiger partial charge >= 0.3 is 0 Å². The third-order valence-electron chi connectivity index (χ3n) is 5.27. The molecule has 0 fully saturated rings. The zero-order chi connectivity index (χ0) is 19.1. The summed E-state index contributed by atoms with van der Waals surface area (Å²) in [6.45, 7) is 10.9. The molecule has 0 aromatic heterocycles. The van der Waals surface area contributed by atoms with Gasteiger partial charge in [-0.25, -0.2) is 13.1 Å². The lowest BCUT2D eigenvalue weighted by Crippen LogP contribution is -2.26. The maximum atomic E-state index is 13.0. The van der Waals surface area contributed by atoms with Gasteiger partial charge in [0.05, 0.1) is 4.90 Å². The number of fused-ring (bicyclic) bond motifs is 1. The zero-order valence-corrected chi connectivity index (χ0v) is 16.7. The van der Waals surface area contributed by atoms with Crippen molar-refractivity contribution in [2.24, 2.45) is 0 Å². The second-order valence-electron chi connectivity index (χ2n) is 6.76. The van der Waals surface area contributed by atoms with Gasteiger partial charge in [-0.05, 0) is 80.1 Å². The zero-order valence-electron chi connectivity index (χ0n) is 15.9. The highest BCUT2D eigenvalue weighted by atomic mass is 32.2. The molecule has 0 bridgehead atoms. The van der Waals surface area contributed by atoms with Crippen molar-refractivity contribution in [1.29, 1.82) is 0 Å². The molecule has 0 amide bonds. The van der Waals surface area contributed by atoms with Crippen LogP contribution in [0.15, 0.2) is 23.1 Å². The van der Waals surface area contributed by atoms with E-state index in [1.165, 1.54) is 0 Å². The van der Waals surface area contributed by atoms with E-state index in [4.69, 9.17) is 9.47 Å². The molecule has 0 radical (unpaired) electrons. The van der Waals surface area contributed by atoms with Gasteiger partial charge in [0.25, 0.3) is 0 Å². The molecule has 0 aliphatic carbocycles. The third-order valence-corrected chi connectivity index (χ3v) is 6.95. The molecule has 2 aromatic carbocycles. The van der Waals surface area contributed by atoms with Crippen LogP contribution in [0.2, 0.25) is 0 Å². The van der Waals surface area contributed by atoms with Crippen LogP contribution in [0.25, 0.3) is 0 Å². The summed E-state index contributed by atoms with van der Waals surface area (Å²) in [5.41, 5.74) is 5.63. The number of ether oxygens (including phenoxy) is 2. The smallest absolute Gasteiger partial charge is 0.241 e. The minimum Gasteiger partial charge on any atom is -0.486 e. The van der Waals surface area contributed by atoms with E-state index < -0.39 is 10.0 Å². The summed E-state index contributed by atoms with van der Waals surface area (Å²) in [4.78, 5) is 0.385. The van der Waals surface area contributed by atoms with Crippen molar-refractivity contribution in [2.45, 2.75) is 46.1 Å². The molecule has 1 heterocycles. The summed E-state index contributed by atoms with van der Waals surface area (Å²) in [6, 6.07) is 5.48. The quantitative estimate of drug-likeness (QED) is 0.889. The first-order chi connectivity index (χ1) is 12.2. The molecular weight excluding hydrogens is 350 g/mol. The van der Waals surface area contributed by atoms with E-state index in [-0.39, 0.29) is 6.54 Å².